The maximum atomic E-state index is 13.2. The molecule has 0 amide bonds. The maximum Gasteiger partial charge on any atom is 0.167 e. The molecule has 0 heterocycles. The van der Waals surface area contributed by atoms with Crippen LogP contribution in [-0.2, 0) is 6.54 Å². The van der Waals surface area contributed by atoms with Crippen molar-refractivity contribution in [3.8, 4) is 5.75 Å². The van der Waals surface area contributed by atoms with Gasteiger partial charge >= 0.3 is 0 Å². The number of hydrogen-bond donors (Lipinski definition) is 2. The van der Waals surface area contributed by atoms with Crippen molar-refractivity contribution in [3.63, 3.8) is 0 Å². The lowest BCUT2D eigenvalue weighted by atomic mass is 10.1. The van der Waals surface area contributed by atoms with Crippen molar-refractivity contribution in [1.82, 2.24) is 10.6 Å². The fourth-order valence-electron chi connectivity index (χ4n) is 2.04. The number of methoxy groups -OCH3 is 1. The maximum absolute atomic E-state index is 13.2. The van der Waals surface area contributed by atoms with Crippen molar-refractivity contribution >= 4 is 17.3 Å². The number of nitrogens with one attached hydrogen (secondary N) is 2. The fourth-order valence-corrected chi connectivity index (χ4v) is 2.29. The van der Waals surface area contributed by atoms with Gasteiger partial charge in [-0.15, -0.1) is 0 Å². The lowest BCUT2D eigenvalue weighted by Crippen LogP contribution is -2.36. The first-order valence-corrected chi connectivity index (χ1v) is 7.52. The van der Waals surface area contributed by atoms with E-state index < -0.39 is 11.6 Å². The number of halogens is 2. The van der Waals surface area contributed by atoms with E-state index in [9.17, 15) is 8.78 Å². The van der Waals surface area contributed by atoms with Crippen molar-refractivity contribution in [2.45, 2.75) is 19.5 Å². The van der Waals surface area contributed by atoms with Crippen LogP contribution in [-0.4, -0.2) is 12.2 Å². The lowest BCUT2D eigenvalue weighted by molar-refractivity contribution is 0.414. The standard InChI is InChI=1S/C17H18F2N2OS/c1-11(13-5-8-15(18)16(19)9-13)21-17(23)20-10-12-3-6-14(22-2)7-4-12/h3-9,11H,10H2,1-2H3,(H2,20,21,23)/t11-/m0/s1. The van der Waals surface area contributed by atoms with E-state index in [0.29, 0.717) is 17.2 Å². The highest BCUT2D eigenvalue weighted by atomic mass is 32.1. The molecule has 0 fully saturated rings. The molecule has 6 heteroatoms. The summed E-state index contributed by atoms with van der Waals surface area (Å²) in [4.78, 5) is 0. The topological polar surface area (TPSA) is 33.3 Å². The molecule has 0 aromatic heterocycles. The summed E-state index contributed by atoms with van der Waals surface area (Å²) < 4.78 is 31.3. The van der Waals surface area contributed by atoms with Crippen LogP contribution in [0.5, 0.6) is 5.75 Å². The zero-order valence-electron chi connectivity index (χ0n) is 12.9. The third kappa shape index (κ3) is 4.89. The quantitative estimate of drug-likeness (QED) is 0.816. The predicted molar refractivity (Wildman–Crippen MR) is 90.3 cm³/mol. The van der Waals surface area contributed by atoms with Gasteiger partial charge in [0.05, 0.1) is 13.2 Å². The summed E-state index contributed by atoms with van der Waals surface area (Å²) in [5.41, 5.74) is 1.67. The highest BCUT2D eigenvalue weighted by molar-refractivity contribution is 7.80. The molecule has 0 bridgehead atoms. The Balaban J connectivity index is 1.86. The van der Waals surface area contributed by atoms with E-state index in [-0.39, 0.29) is 6.04 Å². The summed E-state index contributed by atoms with van der Waals surface area (Å²) in [6, 6.07) is 11.2. The van der Waals surface area contributed by atoms with Gasteiger partial charge in [-0.05, 0) is 54.5 Å². The first-order chi connectivity index (χ1) is 11.0. The van der Waals surface area contributed by atoms with Crippen molar-refractivity contribution in [2.24, 2.45) is 0 Å². The van der Waals surface area contributed by atoms with Gasteiger partial charge in [0.15, 0.2) is 16.7 Å². The molecule has 1 atom stereocenters. The molecule has 2 aromatic carbocycles. The van der Waals surface area contributed by atoms with E-state index in [0.717, 1.165) is 17.4 Å². The summed E-state index contributed by atoms with van der Waals surface area (Å²) in [6.07, 6.45) is 0. The number of ether oxygens (including phenoxy) is 1. The third-order valence-electron chi connectivity index (χ3n) is 3.40. The Morgan fingerprint density at radius 2 is 1.83 bits per heavy atom. The van der Waals surface area contributed by atoms with E-state index in [1.165, 1.54) is 12.1 Å². The summed E-state index contributed by atoms with van der Waals surface area (Å²) in [5.74, 6) is -0.934. The van der Waals surface area contributed by atoms with Gasteiger partial charge < -0.3 is 15.4 Å². The van der Waals surface area contributed by atoms with Crippen LogP contribution in [0.15, 0.2) is 42.5 Å². The Morgan fingerprint density at radius 1 is 1.13 bits per heavy atom. The average Bonchev–Trinajstić information content (AvgIpc) is 2.55. The van der Waals surface area contributed by atoms with E-state index in [2.05, 4.69) is 10.6 Å². The van der Waals surface area contributed by atoms with Gasteiger partial charge in [-0.3, -0.25) is 0 Å². The second kappa shape index (κ2) is 7.87. The zero-order valence-corrected chi connectivity index (χ0v) is 13.7. The molecule has 0 saturated heterocycles. The Hall–Kier alpha value is -2.21. The highest BCUT2D eigenvalue weighted by Gasteiger charge is 2.10. The van der Waals surface area contributed by atoms with Gasteiger partial charge in [0.25, 0.3) is 0 Å². The van der Waals surface area contributed by atoms with Gasteiger partial charge in [0.2, 0.25) is 0 Å². The molecule has 2 aromatic rings. The normalized spacial score (nSPS) is 11.7. The number of benzene rings is 2. The van der Waals surface area contributed by atoms with Gasteiger partial charge in [0, 0.05) is 6.54 Å². The van der Waals surface area contributed by atoms with Crippen LogP contribution in [0.2, 0.25) is 0 Å². The number of hydrogen-bond acceptors (Lipinski definition) is 2. The van der Waals surface area contributed by atoms with Crippen LogP contribution in [0.25, 0.3) is 0 Å². The molecule has 0 radical (unpaired) electrons. The largest absolute Gasteiger partial charge is 0.497 e. The highest BCUT2D eigenvalue weighted by Crippen LogP contribution is 2.16. The fraction of sp³-hybridized carbons (Fsp3) is 0.235. The molecule has 0 aliphatic rings. The molecular weight excluding hydrogens is 318 g/mol. The smallest absolute Gasteiger partial charge is 0.167 e. The molecule has 2 N–H and O–H groups in total. The minimum absolute atomic E-state index is 0.235. The molecule has 0 aliphatic heterocycles. The Kier molecular flexibility index (Phi) is 5.87. The van der Waals surface area contributed by atoms with Crippen LogP contribution in [0.4, 0.5) is 8.78 Å². The molecule has 0 unspecified atom stereocenters. The van der Waals surface area contributed by atoms with Crippen LogP contribution < -0.4 is 15.4 Å². The Bertz CT molecular complexity index is 677. The summed E-state index contributed by atoms with van der Waals surface area (Å²) in [7, 11) is 1.62. The summed E-state index contributed by atoms with van der Waals surface area (Å²) >= 11 is 5.22. The van der Waals surface area contributed by atoms with Gasteiger partial charge in [-0.25, -0.2) is 8.78 Å². The SMILES string of the molecule is COc1ccc(CNC(=S)N[C@@H](C)c2ccc(F)c(F)c2)cc1. The van der Waals surface area contributed by atoms with E-state index >= 15 is 0 Å². The molecule has 0 saturated carbocycles. The number of rotatable bonds is 5. The minimum atomic E-state index is -0.867. The van der Waals surface area contributed by atoms with Gasteiger partial charge in [0.1, 0.15) is 5.75 Å². The molecule has 0 spiro atoms. The number of thiocarbonyl (C=S) groups is 1. The van der Waals surface area contributed by atoms with Crippen molar-refractivity contribution in [3.05, 3.63) is 65.2 Å². The van der Waals surface area contributed by atoms with Crippen LogP contribution >= 0.6 is 12.2 Å². The molecular formula is C17H18F2N2OS. The molecule has 3 nitrogen and oxygen atoms in total. The summed E-state index contributed by atoms with van der Waals surface area (Å²) in [5, 5.41) is 6.56. The molecule has 23 heavy (non-hydrogen) atoms. The van der Waals surface area contributed by atoms with Gasteiger partial charge in [-0.1, -0.05) is 18.2 Å². The lowest BCUT2D eigenvalue weighted by Gasteiger charge is -2.17. The Morgan fingerprint density at radius 3 is 2.43 bits per heavy atom. The summed E-state index contributed by atoms with van der Waals surface area (Å²) in [6.45, 7) is 2.38. The minimum Gasteiger partial charge on any atom is -0.497 e. The van der Waals surface area contributed by atoms with Crippen LogP contribution in [0, 0.1) is 11.6 Å². The molecule has 122 valence electrons. The van der Waals surface area contributed by atoms with Crippen molar-refractivity contribution in [2.75, 3.05) is 7.11 Å². The predicted octanol–water partition coefficient (Wildman–Crippen LogP) is 3.70. The molecule has 0 aliphatic carbocycles. The van der Waals surface area contributed by atoms with E-state index in [4.69, 9.17) is 17.0 Å². The molecule has 2 rings (SSSR count). The average molecular weight is 336 g/mol. The van der Waals surface area contributed by atoms with Crippen molar-refractivity contribution < 1.29 is 13.5 Å². The zero-order chi connectivity index (χ0) is 16.8. The monoisotopic (exact) mass is 336 g/mol. The first kappa shape index (κ1) is 17.1. The first-order valence-electron chi connectivity index (χ1n) is 7.12. The van der Waals surface area contributed by atoms with Crippen molar-refractivity contribution in [1.29, 1.82) is 0 Å². The van der Waals surface area contributed by atoms with Crippen LogP contribution in [0.1, 0.15) is 24.1 Å². The second-order valence-corrected chi connectivity index (χ2v) is 5.48. The van der Waals surface area contributed by atoms with Crippen LogP contribution in [0.3, 0.4) is 0 Å². The van der Waals surface area contributed by atoms with E-state index in [1.54, 1.807) is 7.11 Å². The second-order valence-electron chi connectivity index (χ2n) is 5.07. The van der Waals surface area contributed by atoms with Gasteiger partial charge in [-0.2, -0.15) is 0 Å². The third-order valence-corrected chi connectivity index (χ3v) is 3.67. The Labute approximate surface area is 139 Å². The van der Waals surface area contributed by atoms with E-state index in [1.807, 2.05) is 31.2 Å².